The maximum absolute atomic E-state index is 12.9. The summed E-state index contributed by atoms with van der Waals surface area (Å²) in [5.41, 5.74) is 10.6. The van der Waals surface area contributed by atoms with Gasteiger partial charge >= 0.3 is 0 Å². The van der Waals surface area contributed by atoms with Gasteiger partial charge in [0.05, 0.1) is 6.54 Å². The summed E-state index contributed by atoms with van der Waals surface area (Å²) >= 11 is 0. The van der Waals surface area contributed by atoms with Crippen LogP contribution in [0, 0.1) is 5.41 Å². The molecule has 1 saturated heterocycles. The zero-order chi connectivity index (χ0) is 21.7. The first kappa shape index (κ1) is 22.2. The Bertz CT molecular complexity index is 842. The normalized spacial score (nSPS) is 22.8. The fourth-order valence-corrected chi connectivity index (χ4v) is 4.51. The number of hydrogen-bond acceptors (Lipinski definition) is 4. The van der Waals surface area contributed by atoms with E-state index in [1.165, 1.54) is 16.7 Å². The summed E-state index contributed by atoms with van der Waals surface area (Å²) in [6.07, 6.45) is 4.11. The van der Waals surface area contributed by atoms with Crippen molar-refractivity contribution in [2.75, 3.05) is 53.4 Å². The molecule has 0 spiro atoms. The molecule has 1 aromatic rings. The van der Waals surface area contributed by atoms with Gasteiger partial charge in [-0.2, -0.15) is 0 Å². The first-order valence-electron chi connectivity index (χ1n) is 10.7. The molecule has 1 unspecified atom stereocenters. The van der Waals surface area contributed by atoms with Crippen LogP contribution in [0.2, 0.25) is 0 Å². The molecule has 2 aliphatic rings. The maximum atomic E-state index is 12.9. The smallest absolute Gasteiger partial charge is 0.237 e. The summed E-state index contributed by atoms with van der Waals surface area (Å²) in [7, 11) is 3.68. The molecule has 2 aliphatic heterocycles. The van der Waals surface area contributed by atoms with Gasteiger partial charge in [-0.1, -0.05) is 42.5 Å². The number of hydrogen-bond donors (Lipinski definition) is 2. The summed E-state index contributed by atoms with van der Waals surface area (Å²) in [5.74, 6) is 0.762. The van der Waals surface area contributed by atoms with E-state index in [9.17, 15) is 4.79 Å². The fourth-order valence-electron chi connectivity index (χ4n) is 4.51. The predicted molar refractivity (Wildman–Crippen MR) is 124 cm³/mol. The molecule has 1 fully saturated rings. The van der Waals surface area contributed by atoms with Crippen LogP contribution in [0.15, 0.2) is 47.5 Å². The average molecular weight is 410 g/mol. The molecule has 162 valence electrons. The topological polar surface area (TPSA) is 74.0 Å². The number of nitrogens with zero attached hydrogens (tertiary/aromatic N) is 3. The van der Waals surface area contributed by atoms with Crippen LogP contribution in [0.4, 0.5) is 0 Å². The second-order valence-electron chi connectivity index (χ2n) is 8.56. The molecule has 0 bridgehead atoms. The largest absolute Gasteiger partial charge is 0.384 e. The quantitative estimate of drug-likeness (QED) is 0.411. The highest BCUT2D eigenvalue weighted by Gasteiger charge is 2.39. The van der Waals surface area contributed by atoms with Crippen LogP contribution in [0.5, 0.6) is 0 Å². The van der Waals surface area contributed by atoms with Crippen molar-refractivity contribution >= 4 is 17.3 Å². The third kappa shape index (κ3) is 4.82. The Morgan fingerprint density at radius 2 is 2.03 bits per heavy atom. The number of carbonyl (C=O) groups is 1. The van der Waals surface area contributed by atoms with Crippen molar-refractivity contribution in [1.29, 1.82) is 0 Å². The third-order valence-corrected chi connectivity index (χ3v) is 6.57. The van der Waals surface area contributed by atoms with Gasteiger partial charge in [-0.25, -0.2) is 0 Å². The molecular formula is C24H35N5O. The van der Waals surface area contributed by atoms with Crippen LogP contribution < -0.4 is 11.1 Å². The van der Waals surface area contributed by atoms with E-state index in [4.69, 9.17) is 5.73 Å². The molecule has 3 rings (SSSR count). The van der Waals surface area contributed by atoms with Gasteiger partial charge < -0.3 is 16.0 Å². The van der Waals surface area contributed by atoms with Crippen molar-refractivity contribution in [1.82, 2.24) is 15.1 Å². The minimum atomic E-state index is 0.0854. The van der Waals surface area contributed by atoms with Crippen LogP contribution in [0.25, 0.3) is 5.57 Å². The molecule has 2 heterocycles. The lowest BCUT2D eigenvalue weighted by Gasteiger charge is -2.31. The van der Waals surface area contributed by atoms with Crippen molar-refractivity contribution in [2.24, 2.45) is 16.1 Å². The SMILES string of the molecule is C=C(C)C1(CNC)CCN(CC(=O)N2CC=C(c3ccc(C(N)=NC)cc3)CC2)C1. The third-order valence-electron chi connectivity index (χ3n) is 6.57. The van der Waals surface area contributed by atoms with Crippen molar-refractivity contribution < 1.29 is 4.79 Å². The predicted octanol–water partition coefficient (Wildman–Crippen LogP) is 2.13. The Morgan fingerprint density at radius 3 is 2.60 bits per heavy atom. The molecule has 3 N–H and O–H groups in total. The second kappa shape index (κ2) is 9.58. The van der Waals surface area contributed by atoms with Gasteiger partial charge in [0.2, 0.25) is 5.91 Å². The number of nitrogens with one attached hydrogen (secondary N) is 1. The Kier molecular flexibility index (Phi) is 7.10. The Labute approximate surface area is 180 Å². The van der Waals surface area contributed by atoms with Gasteiger partial charge in [0.15, 0.2) is 0 Å². The van der Waals surface area contributed by atoms with Crippen molar-refractivity contribution in [2.45, 2.75) is 19.8 Å². The van der Waals surface area contributed by atoms with Crippen LogP contribution in [0.3, 0.4) is 0 Å². The van der Waals surface area contributed by atoms with Crippen molar-refractivity contribution in [3.63, 3.8) is 0 Å². The molecule has 1 amide bonds. The van der Waals surface area contributed by atoms with E-state index in [1.54, 1.807) is 7.05 Å². The number of nitrogens with two attached hydrogens (primary N) is 1. The Morgan fingerprint density at radius 1 is 1.30 bits per heavy atom. The number of aliphatic imine (C=N–C) groups is 1. The highest BCUT2D eigenvalue weighted by Crippen LogP contribution is 2.36. The van der Waals surface area contributed by atoms with E-state index in [-0.39, 0.29) is 11.3 Å². The monoisotopic (exact) mass is 409 g/mol. The van der Waals surface area contributed by atoms with E-state index >= 15 is 0 Å². The van der Waals surface area contributed by atoms with Crippen molar-refractivity contribution in [3.05, 3.63) is 53.6 Å². The number of rotatable bonds is 7. The standard InChI is InChI=1S/C24H35N5O/c1-18(2)24(16-26-3)11-14-28(17-24)15-22(30)29-12-9-20(10-13-29)19-5-7-21(8-6-19)23(25)27-4/h5-9,26H,1,10-17H2,2-4H3,(H2,25,27). The Hall–Kier alpha value is -2.44. The minimum absolute atomic E-state index is 0.0854. The zero-order valence-electron chi connectivity index (χ0n) is 18.6. The van der Waals surface area contributed by atoms with Gasteiger partial charge in [0.1, 0.15) is 5.84 Å². The molecule has 0 saturated carbocycles. The highest BCUT2D eigenvalue weighted by atomic mass is 16.2. The number of likely N-dealkylation sites (tertiary alicyclic amines) is 1. The molecule has 6 heteroatoms. The van der Waals surface area contributed by atoms with Crippen LogP contribution in [-0.4, -0.2) is 74.9 Å². The number of amides is 1. The minimum Gasteiger partial charge on any atom is -0.384 e. The molecule has 1 aromatic carbocycles. The van der Waals surface area contributed by atoms with E-state index in [0.29, 0.717) is 18.9 Å². The number of benzene rings is 1. The summed E-state index contributed by atoms with van der Waals surface area (Å²) in [5, 5.41) is 3.30. The van der Waals surface area contributed by atoms with E-state index in [2.05, 4.69) is 46.9 Å². The summed E-state index contributed by atoms with van der Waals surface area (Å²) in [6.45, 7) is 11.0. The average Bonchev–Trinajstić information content (AvgIpc) is 3.17. The van der Waals surface area contributed by atoms with E-state index < -0.39 is 0 Å². The van der Waals surface area contributed by atoms with E-state index in [0.717, 1.165) is 44.6 Å². The molecular weight excluding hydrogens is 374 g/mol. The number of amidine groups is 1. The van der Waals surface area contributed by atoms with Crippen LogP contribution in [-0.2, 0) is 4.79 Å². The summed E-state index contributed by atoms with van der Waals surface area (Å²) < 4.78 is 0. The molecule has 6 nitrogen and oxygen atoms in total. The first-order valence-corrected chi connectivity index (χ1v) is 10.7. The van der Waals surface area contributed by atoms with E-state index in [1.807, 2.05) is 24.1 Å². The molecule has 0 aliphatic carbocycles. The lowest BCUT2D eigenvalue weighted by molar-refractivity contribution is -0.131. The highest BCUT2D eigenvalue weighted by molar-refractivity contribution is 5.97. The number of carbonyl (C=O) groups excluding carboxylic acids is 1. The molecule has 30 heavy (non-hydrogen) atoms. The molecule has 0 radical (unpaired) electrons. The molecule has 1 atom stereocenters. The first-order chi connectivity index (χ1) is 14.4. The van der Waals surface area contributed by atoms with Crippen molar-refractivity contribution in [3.8, 4) is 0 Å². The van der Waals surface area contributed by atoms with Crippen LogP contribution >= 0.6 is 0 Å². The van der Waals surface area contributed by atoms with Crippen LogP contribution in [0.1, 0.15) is 30.9 Å². The maximum Gasteiger partial charge on any atom is 0.237 e. The molecule has 0 aromatic heterocycles. The summed E-state index contributed by atoms with van der Waals surface area (Å²) in [4.78, 5) is 21.2. The second-order valence-corrected chi connectivity index (χ2v) is 8.56. The zero-order valence-corrected chi connectivity index (χ0v) is 18.6. The van der Waals surface area contributed by atoms with Gasteiger partial charge in [-0.05, 0) is 44.5 Å². The lowest BCUT2D eigenvalue weighted by atomic mass is 9.80. The summed E-state index contributed by atoms with van der Waals surface area (Å²) in [6, 6.07) is 8.17. The fraction of sp³-hybridized carbons (Fsp3) is 0.500. The lowest BCUT2D eigenvalue weighted by Crippen LogP contribution is -2.43. The van der Waals surface area contributed by atoms with Gasteiger partial charge in [0, 0.05) is 44.2 Å². The van der Waals surface area contributed by atoms with Gasteiger partial charge in [0.25, 0.3) is 0 Å². The van der Waals surface area contributed by atoms with Gasteiger partial charge in [-0.3, -0.25) is 14.7 Å². The van der Waals surface area contributed by atoms with Gasteiger partial charge in [-0.15, -0.1) is 0 Å². The Balaban J connectivity index is 1.56.